The lowest BCUT2D eigenvalue weighted by Gasteiger charge is -2.13. The van der Waals surface area contributed by atoms with Crippen molar-refractivity contribution in [1.82, 2.24) is 19.7 Å². The van der Waals surface area contributed by atoms with Gasteiger partial charge < -0.3 is 4.42 Å². The molecule has 2 aromatic carbocycles. The van der Waals surface area contributed by atoms with Crippen LogP contribution in [-0.2, 0) is 11.8 Å². The van der Waals surface area contributed by atoms with Crippen molar-refractivity contribution in [2.24, 2.45) is 0 Å². The van der Waals surface area contributed by atoms with E-state index in [0.717, 1.165) is 29.8 Å². The van der Waals surface area contributed by atoms with Gasteiger partial charge in [-0.05, 0) is 48.9 Å². The van der Waals surface area contributed by atoms with E-state index in [0.29, 0.717) is 38.4 Å². The summed E-state index contributed by atoms with van der Waals surface area (Å²) in [6, 6.07) is 13.0. The van der Waals surface area contributed by atoms with E-state index in [2.05, 4.69) is 21.7 Å². The van der Waals surface area contributed by atoms with E-state index in [9.17, 15) is 0 Å². The number of aromatic nitrogens is 4. The monoisotopic (exact) mass is 488 g/mol. The van der Waals surface area contributed by atoms with Gasteiger partial charge in [0.15, 0.2) is 0 Å². The predicted molar refractivity (Wildman–Crippen MR) is 130 cm³/mol. The molecule has 32 heavy (non-hydrogen) atoms. The minimum absolute atomic E-state index is 0.267. The van der Waals surface area contributed by atoms with Gasteiger partial charge in [-0.25, -0.2) is 4.98 Å². The summed E-state index contributed by atoms with van der Waals surface area (Å²) in [5.41, 5.74) is 3.00. The van der Waals surface area contributed by atoms with E-state index in [-0.39, 0.29) is 5.41 Å². The van der Waals surface area contributed by atoms with Crippen molar-refractivity contribution < 1.29 is 4.42 Å². The Morgan fingerprint density at radius 1 is 0.938 bits per heavy atom. The lowest BCUT2D eigenvalue weighted by atomic mass is 9.97. The molecule has 0 saturated heterocycles. The molecule has 8 heteroatoms. The van der Waals surface area contributed by atoms with Gasteiger partial charge in [-0.15, -0.1) is 10.2 Å². The van der Waals surface area contributed by atoms with Crippen molar-refractivity contribution in [3.8, 4) is 28.7 Å². The van der Waals surface area contributed by atoms with Crippen LogP contribution in [0, 0.1) is 0 Å². The average molecular weight is 490 g/mol. The smallest absolute Gasteiger partial charge is 0.268 e. The standard InChI is InChI=1S/C24H23Cl3N4O/c1-5-6-19-20(22-29-30-23(32-22)24(2,3)4)28-21(17-12-9-15(26)13-18(17)27)31(19)16-10-7-14(25)8-11-16/h7-13H,5-6H2,1-4H3. The molecule has 0 aliphatic carbocycles. The number of hydrogen-bond acceptors (Lipinski definition) is 4. The van der Waals surface area contributed by atoms with E-state index < -0.39 is 0 Å². The first kappa shape index (κ1) is 22.8. The number of imidazole rings is 1. The zero-order valence-electron chi connectivity index (χ0n) is 18.3. The van der Waals surface area contributed by atoms with E-state index in [1.165, 1.54) is 0 Å². The fourth-order valence-electron chi connectivity index (χ4n) is 3.43. The Balaban J connectivity index is 2.01. The van der Waals surface area contributed by atoms with Crippen LogP contribution in [0.4, 0.5) is 0 Å². The highest BCUT2D eigenvalue weighted by atomic mass is 35.5. The van der Waals surface area contributed by atoms with Crippen LogP contribution in [0.3, 0.4) is 0 Å². The Bertz CT molecular complexity index is 1250. The van der Waals surface area contributed by atoms with Crippen LogP contribution in [0.15, 0.2) is 46.9 Å². The Morgan fingerprint density at radius 2 is 1.62 bits per heavy atom. The maximum atomic E-state index is 6.59. The minimum atomic E-state index is -0.267. The second-order valence-electron chi connectivity index (χ2n) is 8.58. The molecule has 0 unspecified atom stereocenters. The summed E-state index contributed by atoms with van der Waals surface area (Å²) < 4.78 is 8.13. The fraction of sp³-hybridized carbons (Fsp3) is 0.292. The minimum Gasteiger partial charge on any atom is -0.419 e. The lowest BCUT2D eigenvalue weighted by molar-refractivity contribution is 0.398. The lowest BCUT2D eigenvalue weighted by Crippen LogP contribution is -2.11. The average Bonchev–Trinajstić information content (AvgIpc) is 3.34. The van der Waals surface area contributed by atoms with Crippen molar-refractivity contribution in [3.63, 3.8) is 0 Å². The van der Waals surface area contributed by atoms with Crippen LogP contribution in [0.2, 0.25) is 15.1 Å². The van der Waals surface area contributed by atoms with Gasteiger partial charge in [0.05, 0.1) is 10.7 Å². The van der Waals surface area contributed by atoms with Crippen molar-refractivity contribution in [2.75, 3.05) is 0 Å². The molecular weight excluding hydrogens is 467 g/mol. The third-order valence-electron chi connectivity index (χ3n) is 4.99. The summed E-state index contributed by atoms with van der Waals surface area (Å²) in [6.45, 7) is 8.21. The Labute approximate surface area is 202 Å². The van der Waals surface area contributed by atoms with Crippen molar-refractivity contribution in [3.05, 3.63) is 69.1 Å². The van der Waals surface area contributed by atoms with Crippen molar-refractivity contribution in [1.29, 1.82) is 0 Å². The predicted octanol–water partition coefficient (Wildman–Crippen LogP) is 7.80. The first-order chi connectivity index (χ1) is 15.2. The second-order valence-corrected chi connectivity index (χ2v) is 9.86. The highest BCUT2D eigenvalue weighted by molar-refractivity contribution is 6.36. The quantitative estimate of drug-likeness (QED) is 0.287. The van der Waals surface area contributed by atoms with Crippen LogP contribution >= 0.6 is 34.8 Å². The SMILES string of the molecule is CCCc1c(-c2nnc(C(C)(C)C)o2)nc(-c2ccc(Cl)cc2Cl)n1-c1ccc(Cl)cc1. The molecular formula is C24H23Cl3N4O. The van der Waals surface area contributed by atoms with Gasteiger partial charge >= 0.3 is 0 Å². The van der Waals surface area contributed by atoms with Gasteiger partial charge in [-0.1, -0.05) is 68.9 Å². The first-order valence-electron chi connectivity index (χ1n) is 10.4. The van der Waals surface area contributed by atoms with Gasteiger partial charge in [-0.2, -0.15) is 0 Å². The van der Waals surface area contributed by atoms with Crippen molar-refractivity contribution in [2.45, 2.75) is 46.0 Å². The fourth-order valence-corrected chi connectivity index (χ4v) is 4.05. The summed E-state index contributed by atoms with van der Waals surface area (Å²) in [5.74, 6) is 1.61. The van der Waals surface area contributed by atoms with Crippen LogP contribution in [-0.4, -0.2) is 19.7 Å². The molecule has 0 amide bonds. The third kappa shape index (κ3) is 4.42. The van der Waals surface area contributed by atoms with Crippen LogP contribution in [0.5, 0.6) is 0 Å². The van der Waals surface area contributed by atoms with E-state index in [1.807, 2.05) is 51.1 Å². The zero-order valence-corrected chi connectivity index (χ0v) is 20.6. The molecule has 2 aromatic heterocycles. The zero-order chi connectivity index (χ0) is 23.0. The highest BCUT2D eigenvalue weighted by Crippen LogP contribution is 2.37. The molecule has 4 rings (SSSR count). The molecule has 0 N–H and O–H groups in total. The largest absolute Gasteiger partial charge is 0.419 e. The maximum absolute atomic E-state index is 6.59. The molecule has 0 spiro atoms. The summed E-state index contributed by atoms with van der Waals surface area (Å²) in [7, 11) is 0. The molecule has 0 aliphatic rings. The van der Waals surface area contributed by atoms with Gasteiger partial charge in [0, 0.05) is 26.7 Å². The van der Waals surface area contributed by atoms with Crippen LogP contribution < -0.4 is 0 Å². The van der Waals surface area contributed by atoms with Gasteiger partial charge in [0.25, 0.3) is 5.89 Å². The third-order valence-corrected chi connectivity index (χ3v) is 5.79. The Hall–Kier alpha value is -2.34. The van der Waals surface area contributed by atoms with Gasteiger partial charge in [-0.3, -0.25) is 4.57 Å². The molecule has 0 fully saturated rings. The number of hydrogen-bond donors (Lipinski definition) is 0. The van der Waals surface area contributed by atoms with Gasteiger partial charge in [0.2, 0.25) is 5.89 Å². The molecule has 0 atom stereocenters. The Kier molecular flexibility index (Phi) is 6.35. The summed E-state index contributed by atoms with van der Waals surface area (Å²) in [5, 5.41) is 10.3. The molecule has 166 valence electrons. The molecule has 4 aromatic rings. The molecule has 0 saturated carbocycles. The van der Waals surface area contributed by atoms with E-state index >= 15 is 0 Å². The number of halogens is 3. The molecule has 0 bridgehead atoms. The Morgan fingerprint density at radius 3 is 2.22 bits per heavy atom. The number of rotatable bonds is 5. The summed E-state index contributed by atoms with van der Waals surface area (Å²) >= 11 is 18.9. The van der Waals surface area contributed by atoms with E-state index in [4.69, 9.17) is 44.2 Å². The topological polar surface area (TPSA) is 56.7 Å². The summed E-state index contributed by atoms with van der Waals surface area (Å²) in [4.78, 5) is 4.96. The second kappa shape index (κ2) is 8.89. The molecule has 2 heterocycles. The number of nitrogens with zero attached hydrogens (tertiary/aromatic N) is 4. The molecule has 0 aliphatic heterocycles. The highest BCUT2D eigenvalue weighted by Gasteiger charge is 2.27. The summed E-state index contributed by atoms with van der Waals surface area (Å²) in [6.07, 6.45) is 1.66. The molecule has 0 radical (unpaired) electrons. The van der Waals surface area contributed by atoms with Gasteiger partial charge in [0.1, 0.15) is 11.5 Å². The van der Waals surface area contributed by atoms with Crippen molar-refractivity contribution >= 4 is 34.8 Å². The van der Waals surface area contributed by atoms with Crippen LogP contribution in [0.1, 0.15) is 45.7 Å². The normalized spacial score (nSPS) is 11.8. The van der Waals surface area contributed by atoms with E-state index in [1.54, 1.807) is 12.1 Å². The first-order valence-corrected chi connectivity index (χ1v) is 11.5. The van der Waals surface area contributed by atoms with Crippen LogP contribution in [0.25, 0.3) is 28.7 Å². The number of benzene rings is 2. The molecule has 5 nitrogen and oxygen atoms in total. The maximum Gasteiger partial charge on any atom is 0.268 e.